The predicted octanol–water partition coefficient (Wildman–Crippen LogP) is 5.08. The van der Waals surface area contributed by atoms with Crippen LogP contribution in [0.5, 0.6) is 0 Å². The van der Waals surface area contributed by atoms with Gasteiger partial charge in [0, 0.05) is 26.0 Å². The van der Waals surface area contributed by atoms with Gasteiger partial charge in [-0.1, -0.05) is 29.8 Å². The Bertz CT molecular complexity index is 435. The van der Waals surface area contributed by atoms with Gasteiger partial charge < -0.3 is 4.90 Å². The number of alkyl halides is 1. The smallest absolute Gasteiger partial charge is 0.255 e. The third-order valence-electron chi connectivity index (χ3n) is 3.13. The molecule has 0 atom stereocenters. The molecule has 1 aromatic carbocycles. The summed E-state index contributed by atoms with van der Waals surface area (Å²) in [7, 11) is 0. The zero-order valence-corrected chi connectivity index (χ0v) is 16.5. The summed E-state index contributed by atoms with van der Waals surface area (Å²) in [6.07, 6.45) is 1.97. The number of halogens is 3. The molecule has 0 aliphatic rings. The molecule has 0 heterocycles. The highest BCUT2D eigenvalue weighted by atomic mass is 127. The van der Waals surface area contributed by atoms with Crippen LogP contribution in [0.2, 0.25) is 0 Å². The third kappa shape index (κ3) is 4.70. The van der Waals surface area contributed by atoms with Crippen LogP contribution in [-0.2, 0) is 0 Å². The molecular formula is C14H18Br2INO. The number of carbonyl (C=O) groups excluding carboxylic acids is 1. The summed E-state index contributed by atoms with van der Waals surface area (Å²) in [5.41, 5.74) is 0.750. The summed E-state index contributed by atoms with van der Waals surface area (Å²) in [6.45, 7) is 5.00. The summed E-state index contributed by atoms with van der Waals surface area (Å²) in [4.78, 5) is 14.7. The largest absolute Gasteiger partial charge is 0.335 e. The maximum atomic E-state index is 12.7. The molecule has 1 aromatic rings. The van der Waals surface area contributed by atoms with E-state index in [-0.39, 0.29) is 5.91 Å². The standard InChI is InChI=1S/C14H18Br2INO/c1-3-11(4-2)18(8-7-15)14(19)12-9-10(17)5-6-13(12)16/h5-6,9,11H,3-4,7-8H2,1-2H3. The van der Waals surface area contributed by atoms with Gasteiger partial charge in [0.1, 0.15) is 0 Å². The monoisotopic (exact) mass is 501 g/mol. The maximum Gasteiger partial charge on any atom is 0.255 e. The molecule has 0 unspecified atom stereocenters. The fourth-order valence-corrected chi connectivity index (χ4v) is 3.38. The lowest BCUT2D eigenvalue weighted by atomic mass is 10.1. The van der Waals surface area contributed by atoms with E-state index in [4.69, 9.17) is 0 Å². The summed E-state index contributed by atoms with van der Waals surface area (Å²) >= 11 is 9.16. The van der Waals surface area contributed by atoms with Gasteiger partial charge in [-0.25, -0.2) is 0 Å². The summed E-state index contributed by atoms with van der Waals surface area (Å²) in [5, 5.41) is 0.802. The van der Waals surface area contributed by atoms with Gasteiger partial charge in [-0.3, -0.25) is 4.79 Å². The highest BCUT2D eigenvalue weighted by molar-refractivity contribution is 14.1. The van der Waals surface area contributed by atoms with E-state index in [1.807, 2.05) is 23.1 Å². The Morgan fingerprint density at radius 3 is 2.53 bits per heavy atom. The second kappa shape index (κ2) is 8.62. The second-order valence-corrected chi connectivity index (χ2v) is 7.17. The molecule has 1 rings (SSSR count). The Labute approximate surface area is 145 Å². The average molecular weight is 503 g/mol. The van der Waals surface area contributed by atoms with Gasteiger partial charge >= 0.3 is 0 Å². The fraction of sp³-hybridized carbons (Fsp3) is 0.500. The number of amides is 1. The Hall–Kier alpha value is 0.380. The second-order valence-electron chi connectivity index (χ2n) is 4.28. The van der Waals surface area contributed by atoms with Crippen LogP contribution in [-0.4, -0.2) is 28.7 Å². The molecule has 19 heavy (non-hydrogen) atoms. The fourth-order valence-electron chi connectivity index (χ4n) is 2.09. The van der Waals surface area contributed by atoms with E-state index >= 15 is 0 Å². The van der Waals surface area contributed by atoms with Crippen molar-refractivity contribution in [2.24, 2.45) is 0 Å². The predicted molar refractivity (Wildman–Crippen MR) is 96.1 cm³/mol. The van der Waals surface area contributed by atoms with E-state index in [1.165, 1.54) is 0 Å². The molecule has 106 valence electrons. The van der Waals surface area contributed by atoms with Crippen molar-refractivity contribution >= 4 is 60.4 Å². The van der Waals surface area contributed by atoms with E-state index in [0.29, 0.717) is 6.04 Å². The first-order valence-corrected chi connectivity index (χ1v) is 9.36. The van der Waals surface area contributed by atoms with E-state index < -0.39 is 0 Å². The van der Waals surface area contributed by atoms with Gasteiger partial charge in [0.15, 0.2) is 0 Å². The summed E-state index contributed by atoms with van der Waals surface area (Å²) < 4.78 is 1.94. The first-order chi connectivity index (χ1) is 9.04. The summed E-state index contributed by atoms with van der Waals surface area (Å²) in [6, 6.07) is 6.17. The normalized spacial score (nSPS) is 10.8. The molecule has 0 spiro atoms. The lowest BCUT2D eigenvalue weighted by molar-refractivity contribution is 0.0682. The SMILES string of the molecule is CCC(CC)N(CCBr)C(=O)c1cc(I)ccc1Br. The molecule has 0 saturated carbocycles. The molecule has 0 N–H and O–H groups in total. The van der Waals surface area contributed by atoms with Crippen molar-refractivity contribution in [3.05, 3.63) is 31.8 Å². The van der Waals surface area contributed by atoms with Crippen molar-refractivity contribution in [3.8, 4) is 0 Å². The van der Waals surface area contributed by atoms with Gasteiger partial charge in [0.2, 0.25) is 0 Å². The molecule has 0 radical (unpaired) electrons. The number of nitrogens with zero attached hydrogens (tertiary/aromatic N) is 1. The van der Waals surface area contributed by atoms with Gasteiger partial charge in [0.05, 0.1) is 5.56 Å². The maximum absolute atomic E-state index is 12.7. The van der Waals surface area contributed by atoms with Gasteiger partial charge in [0.25, 0.3) is 5.91 Å². The lowest BCUT2D eigenvalue weighted by Gasteiger charge is -2.30. The van der Waals surface area contributed by atoms with Crippen molar-refractivity contribution in [1.29, 1.82) is 0 Å². The van der Waals surface area contributed by atoms with Crippen LogP contribution in [0.25, 0.3) is 0 Å². The van der Waals surface area contributed by atoms with Crippen LogP contribution in [0.3, 0.4) is 0 Å². The quantitative estimate of drug-likeness (QED) is 0.392. The van der Waals surface area contributed by atoms with Crippen LogP contribution >= 0.6 is 54.5 Å². The van der Waals surface area contributed by atoms with Gasteiger partial charge in [-0.05, 0) is 69.6 Å². The Balaban J connectivity index is 3.08. The van der Waals surface area contributed by atoms with Crippen LogP contribution in [0.1, 0.15) is 37.0 Å². The lowest BCUT2D eigenvalue weighted by Crippen LogP contribution is -2.41. The van der Waals surface area contributed by atoms with Crippen molar-refractivity contribution in [2.75, 3.05) is 11.9 Å². The topological polar surface area (TPSA) is 20.3 Å². The van der Waals surface area contributed by atoms with E-state index in [0.717, 1.165) is 38.3 Å². The molecule has 2 nitrogen and oxygen atoms in total. The number of benzene rings is 1. The van der Waals surface area contributed by atoms with Crippen LogP contribution < -0.4 is 0 Å². The van der Waals surface area contributed by atoms with Gasteiger partial charge in [-0.15, -0.1) is 0 Å². The van der Waals surface area contributed by atoms with Crippen LogP contribution in [0.4, 0.5) is 0 Å². The first kappa shape index (κ1) is 17.4. The van der Waals surface area contributed by atoms with Crippen LogP contribution in [0.15, 0.2) is 22.7 Å². The van der Waals surface area contributed by atoms with Crippen LogP contribution in [0, 0.1) is 3.57 Å². The first-order valence-electron chi connectivity index (χ1n) is 6.37. The number of carbonyl (C=O) groups is 1. The molecule has 0 aliphatic heterocycles. The molecule has 0 saturated heterocycles. The molecule has 5 heteroatoms. The Morgan fingerprint density at radius 1 is 1.37 bits per heavy atom. The minimum Gasteiger partial charge on any atom is -0.335 e. The molecule has 0 bridgehead atoms. The van der Waals surface area contributed by atoms with Crippen molar-refractivity contribution < 1.29 is 4.79 Å². The number of hydrogen-bond donors (Lipinski definition) is 0. The number of hydrogen-bond acceptors (Lipinski definition) is 1. The Morgan fingerprint density at radius 2 is 2.00 bits per heavy atom. The molecule has 1 amide bonds. The average Bonchev–Trinajstić information content (AvgIpc) is 2.41. The zero-order valence-electron chi connectivity index (χ0n) is 11.1. The summed E-state index contributed by atoms with van der Waals surface area (Å²) in [5.74, 6) is 0.110. The highest BCUT2D eigenvalue weighted by Crippen LogP contribution is 2.23. The van der Waals surface area contributed by atoms with Crippen molar-refractivity contribution in [1.82, 2.24) is 4.90 Å². The molecule has 0 aliphatic carbocycles. The number of rotatable bonds is 6. The molecular weight excluding hydrogens is 485 g/mol. The molecule has 0 fully saturated rings. The van der Waals surface area contributed by atoms with E-state index in [2.05, 4.69) is 68.3 Å². The Kier molecular flexibility index (Phi) is 7.91. The van der Waals surface area contributed by atoms with E-state index in [1.54, 1.807) is 0 Å². The minimum atomic E-state index is 0.110. The highest BCUT2D eigenvalue weighted by Gasteiger charge is 2.23. The van der Waals surface area contributed by atoms with Gasteiger partial charge in [-0.2, -0.15) is 0 Å². The minimum absolute atomic E-state index is 0.110. The third-order valence-corrected chi connectivity index (χ3v) is 4.85. The molecule has 0 aromatic heterocycles. The van der Waals surface area contributed by atoms with Crippen molar-refractivity contribution in [2.45, 2.75) is 32.7 Å². The zero-order chi connectivity index (χ0) is 14.4. The van der Waals surface area contributed by atoms with Crippen molar-refractivity contribution in [3.63, 3.8) is 0 Å². The van der Waals surface area contributed by atoms with E-state index in [9.17, 15) is 4.79 Å².